The molecule has 1 aromatic rings. The van der Waals surface area contributed by atoms with Crippen molar-refractivity contribution < 1.29 is 4.79 Å². The molecule has 0 saturated heterocycles. The van der Waals surface area contributed by atoms with Gasteiger partial charge in [0.2, 0.25) is 5.91 Å². The third kappa shape index (κ3) is 3.26. The topological polar surface area (TPSA) is 72.9 Å². The highest BCUT2D eigenvalue weighted by Gasteiger charge is 2.41. The maximum absolute atomic E-state index is 12.9. The summed E-state index contributed by atoms with van der Waals surface area (Å²) in [5.74, 6) is 1.17. The van der Waals surface area contributed by atoms with Gasteiger partial charge in [-0.3, -0.25) is 9.48 Å². The van der Waals surface area contributed by atoms with Crippen LogP contribution in [0.1, 0.15) is 51.5 Å². The van der Waals surface area contributed by atoms with Crippen molar-refractivity contribution in [1.82, 2.24) is 9.78 Å². The van der Waals surface area contributed by atoms with Gasteiger partial charge in [-0.25, -0.2) is 0 Å². The number of thiocarbonyl (C=S) groups is 1. The maximum atomic E-state index is 12.9. The molecule has 1 fully saturated rings. The molecule has 1 saturated carbocycles. The van der Waals surface area contributed by atoms with Crippen molar-refractivity contribution in [3.8, 4) is 0 Å². The van der Waals surface area contributed by atoms with E-state index in [1.54, 1.807) is 17.9 Å². The molecule has 0 radical (unpaired) electrons. The molecule has 1 aliphatic rings. The normalized spacial score (nSPS) is 17.1. The summed E-state index contributed by atoms with van der Waals surface area (Å²) in [6.07, 6.45) is 6.66. The molecule has 2 rings (SSSR count). The molecule has 21 heavy (non-hydrogen) atoms. The number of nitrogens with zero attached hydrogens (tertiary/aromatic N) is 2. The molecule has 6 heteroatoms. The largest absolute Gasteiger partial charge is 0.389 e. The van der Waals surface area contributed by atoms with Crippen LogP contribution in [-0.2, 0) is 11.8 Å². The highest BCUT2D eigenvalue weighted by molar-refractivity contribution is 7.80. The molecule has 1 amide bonds. The van der Waals surface area contributed by atoms with Crippen molar-refractivity contribution in [3.05, 3.63) is 11.8 Å². The summed E-state index contributed by atoms with van der Waals surface area (Å²) in [4.78, 5) is 13.1. The van der Waals surface area contributed by atoms with Crippen molar-refractivity contribution in [2.45, 2.75) is 46.0 Å². The van der Waals surface area contributed by atoms with Gasteiger partial charge < -0.3 is 11.1 Å². The molecule has 0 aromatic carbocycles. The molecule has 0 aliphatic heterocycles. The van der Waals surface area contributed by atoms with Gasteiger partial charge in [0, 0.05) is 12.5 Å². The van der Waals surface area contributed by atoms with E-state index in [2.05, 4.69) is 24.3 Å². The van der Waals surface area contributed by atoms with Gasteiger partial charge in [0.25, 0.3) is 0 Å². The number of rotatable bonds is 5. The quantitative estimate of drug-likeness (QED) is 0.820. The van der Waals surface area contributed by atoms with Crippen molar-refractivity contribution in [1.29, 1.82) is 0 Å². The third-order valence-corrected chi connectivity index (χ3v) is 4.50. The van der Waals surface area contributed by atoms with E-state index < -0.39 is 0 Å². The Labute approximate surface area is 131 Å². The summed E-state index contributed by atoms with van der Waals surface area (Å²) in [6.45, 7) is 4.33. The Morgan fingerprint density at radius 3 is 2.67 bits per heavy atom. The molecule has 5 nitrogen and oxygen atoms in total. The van der Waals surface area contributed by atoms with Crippen molar-refractivity contribution in [2.75, 3.05) is 5.32 Å². The molecular weight excluding hydrogens is 284 g/mol. The number of carbonyl (C=O) groups is 1. The minimum atomic E-state index is -0.258. The molecule has 1 aliphatic carbocycles. The number of nitrogens with two attached hydrogens (primary N) is 1. The molecule has 0 atom stereocenters. The van der Waals surface area contributed by atoms with Gasteiger partial charge in [-0.15, -0.1) is 0 Å². The first kappa shape index (κ1) is 15.9. The summed E-state index contributed by atoms with van der Waals surface area (Å²) < 4.78 is 1.62. The van der Waals surface area contributed by atoms with Crippen LogP contribution in [0.5, 0.6) is 0 Å². The zero-order valence-electron chi connectivity index (χ0n) is 13.0. The van der Waals surface area contributed by atoms with E-state index in [4.69, 9.17) is 18.0 Å². The summed E-state index contributed by atoms with van der Waals surface area (Å²) in [5.41, 5.74) is 6.06. The highest BCUT2D eigenvalue weighted by Crippen LogP contribution is 2.44. The molecule has 116 valence electrons. The Bertz CT molecular complexity index is 544. The van der Waals surface area contributed by atoms with Crippen LogP contribution < -0.4 is 11.1 Å². The number of anilines is 1. The number of hydrogen-bond acceptors (Lipinski definition) is 3. The lowest BCUT2D eigenvalue weighted by atomic mass is 9.77. The summed E-state index contributed by atoms with van der Waals surface area (Å²) >= 11 is 5.02. The second kappa shape index (κ2) is 6.13. The minimum absolute atomic E-state index is 0.0785. The summed E-state index contributed by atoms with van der Waals surface area (Å²) in [7, 11) is 1.78. The van der Waals surface area contributed by atoms with Crippen molar-refractivity contribution >= 4 is 28.9 Å². The molecule has 0 spiro atoms. The van der Waals surface area contributed by atoms with Crippen LogP contribution in [0.4, 0.5) is 5.82 Å². The number of aromatic nitrogens is 2. The van der Waals surface area contributed by atoms with Gasteiger partial charge in [0.15, 0.2) is 0 Å². The van der Waals surface area contributed by atoms with Crippen LogP contribution in [0.2, 0.25) is 0 Å². The van der Waals surface area contributed by atoms with E-state index in [1.807, 2.05) is 0 Å². The second-order valence-corrected chi connectivity index (χ2v) is 6.87. The van der Waals surface area contributed by atoms with E-state index in [0.29, 0.717) is 17.3 Å². The van der Waals surface area contributed by atoms with Crippen LogP contribution in [0.3, 0.4) is 0 Å². The first-order valence-electron chi connectivity index (χ1n) is 7.49. The van der Waals surface area contributed by atoms with Crippen molar-refractivity contribution in [3.63, 3.8) is 0 Å². The lowest BCUT2D eigenvalue weighted by Crippen LogP contribution is -2.36. The molecular formula is C15H24N4OS. The van der Waals surface area contributed by atoms with E-state index in [0.717, 1.165) is 32.1 Å². The molecule has 0 bridgehead atoms. The Balaban J connectivity index is 2.24. The van der Waals surface area contributed by atoms with Gasteiger partial charge in [-0.05, 0) is 25.2 Å². The molecule has 0 unspecified atom stereocenters. The summed E-state index contributed by atoms with van der Waals surface area (Å²) in [5, 5.41) is 7.16. The lowest BCUT2D eigenvalue weighted by Gasteiger charge is -2.29. The van der Waals surface area contributed by atoms with Crippen LogP contribution in [0.15, 0.2) is 6.20 Å². The van der Waals surface area contributed by atoms with Crippen LogP contribution in [0.25, 0.3) is 0 Å². The lowest BCUT2D eigenvalue weighted by molar-refractivity contribution is -0.126. The Morgan fingerprint density at radius 1 is 1.52 bits per heavy atom. The second-order valence-electron chi connectivity index (χ2n) is 6.43. The van der Waals surface area contributed by atoms with Gasteiger partial charge in [-0.1, -0.05) is 38.9 Å². The first-order chi connectivity index (χ1) is 9.85. The average molecular weight is 308 g/mol. The Morgan fingerprint density at radius 2 is 2.14 bits per heavy atom. The standard InChI is InChI=1S/C15H24N4OS/c1-10(2)8-15(6-4-5-7-15)14(20)18-13-11(12(16)21)9-17-19(13)3/h9-10H,4-8H2,1-3H3,(H2,16,21)(H,18,20). The fraction of sp³-hybridized carbons (Fsp3) is 0.667. The molecule has 1 aromatic heterocycles. The monoisotopic (exact) mass is 308 g/mol. The summed E-state index contributed by atoms with van der Waals surface area (Å²) in [6, 6.07) is 0. The number of amides is 1. The van der Waals surface area contributed by atoms with E-state index in [-0.39, 0.29) is 16.3 Å². The highest BCUT2D eigenvalue weighted by atomic mass is 32.1. The average Bonchev–Trinajstić information content (AvgIpc) is 2.98. The Kier molecular flexibility index (Phi) is 4.66. The van der Waals surface area contributed by atoms with Crippen molar-refractivity contribution in [2.24, 2.45) is 24.1 Å². The minimum Gasteiger partial charge on any atom is -0.389 e. The van der Waals surface area contributed by atoms with E-state index in [9.17, 15) is 4.79 Å². The van der Waals surface area contributed by atoms with Gasteiger partial charge >= 0.3 is 0 Å². The Hall–Kier alpha value is -1.43. The fourth-order valence-electron chi connectivity index (χ4n) is 3.36. The maximum Gasteiger partial charge on any atom is 0.231 e. The van der Waals surface area contributed by atoms with Gasteiger partial charge in [0.05, 0.1) is 11.8 Å². The number of nitrogens with one attached hydrogen (secondary N) is 1. The van der Waals surface area contributed by atoms with Crippen LogP contribution in [0, 0.1) is 11.3 Å². The van der Waals surface area contributed by atoms with Crippen LogP contribution in [-0.4, -0.2) is 20.7 Å². The first-order valence-corrected chi connectivity index (χ1v) is 7.90. The van der Waals surface area contributed by atoms with E-state index in [1.165, 1.54) is 0 Å². The zero-order chi connectivity index (χ0) is 15.6. The molecule has 1 heterocycles. The molecule has 3 N–H and O–H groups in total. The smallest absolute Gasteiger partial charge is 0.231 e. The third-order valence-electron chi connectivity index (χ3n) is 4.28. The zero-order valence-corrected chi connectivity index (χ0v) is 13.8. The number of aryl methyl sites for hydroxylation is 1. The van der Waals surface area contributed by atoms with E-state index >= 15 is 0 Å². The SMILES string of the molecule is CC(C)CC1(C(=O)Nc2c(C(N)=S)cnn2C)CCCC1. The fourth-order valence-corrected chi connectivity index (χ4v) is 3.51. The predicted molar refractivity (Wildman–Crippen MR) is 88.1 cm³/mol. The van der Waals surface area contributed by atoms with Gasteiger partial charge in [0.1, 0.15) is 10.8 Å². The predicted octanol–water partition coefficient (Wildman–Crippen LogP) is 2.60. The number of hydrogen-bond donors (Lipinski definition) is 2. The van der Waals surface area contributed by atoms with Gasteiger partial charge in [-0.2, -0.15) is 5.10 Å². The number of carbonyl (C=O) groups excluding carboxylic acids is 1. The van der Waals surface area contributed by atoms with Crippen LogP contribution >= 0.6 is 12.2 Å².